The van der Waals surface area contributed by atoms with Crippen molar-refractivity contribution in [3.8, 4) is 0 Å². The lowest BCUT2D eigenvalue weighted by molar-refractivity contribution is -0.125. The number of hydrogen-bond donors (Lipinski definition) is 3. The van der Waals surface area contributed by atoms with Crippen molar-refractivity contribution in [3.05, 3.63) is 0 Å². The van der Waals surface area contributed by atoms with Gasteiger partial charge in [-0.05, 0) is 7.05 Å². The first-order valence-electron chi connectivity index (χ1n) is 4.97. The predicted molar refractivity (Wildman–Crippen MR) is 58.1 cm³/mol. The number of hydrogen-bond acceptors (Lipinski definition) is 5. The second-order valence-electron chi connectivity index (χ2n) is 3.70. The molecule has 1 heterocycles. The van der Waals surface area contributed by atoms with Crippen LogP contribution < -0.4 is 15.8 Å². The highest BCUT2D eigenvalue weighted by molar-refractivity contribution is 7.89. The molecule has 0 aliphatic carbocycles. The number of sulfonamides is 1. The Morgan fingerprint density at radius 1 is 1.50 bits per heavy atom. The fraction of sp³-hybridized carbons (Fsp3) is 0.875. The van der Waals surface area contributed by atoms with Crippen LogP contribution in [-0.4, -0.2) is 52.9 Å². The van der Waals surface area contributed by atoms with Gasteiger partial charge < -0.3 is 15.4 Å². The van der Waals surface area contributed by atoms with Gasteiger partial charge in [0.1, 0.15) is 0 Å². The molecule has 4 N–H and O–H groups in total. The first kappa shape index (κ1) is 13.4. The maximum absolute atomic E-state index is 11.6. The van der Waals surface area contributed by atoms with E-state index in [0.29, 0.717) is 13.2 Å². The number of carbonyl (C=O) groups is 1. The Morgan fingerprint density at radius 2 is 2.19 bits per heavy atom. The monoisotopic (exact) mass is 251 g/mol. The van der Waals surface area contributed by atoms with Crippen LogP contribution in [0.2, 0.25) is 0 Å². The Morgan fingerprint density at radius 3 is 2.75 bits per heavy atom. The smallest absolute Gasteiger partial charge is 0.227 e. The molecule has 1 amide bonds. The first-order chi connectivity index (χ1) is 7.44. The molecule has 7 nitrogen and oxygen atoms in total. The van der Waals surface area contributed by atoms with E-state index in [1.54, 1.807) is 7.05 Å². The summed E-state index contributed by atoms with van der Waals surface area (Å²) in [6.45, 7) is 0.876. The van der Waals surface area contributed by atoms with Gasteiger partial charge in [-0.25, -0.2) is 13.6 Å². The van der Waals surface area contributed by atoms with Gasteiger partial charge in [-0.1, -0.05) is 0 Å². The van der Waals surface area contributed by atoms with E-state index in [1.807, 2.05) is 0 Å². The third-order valence-corrected chi connectivity index (χ3v) is 3.25. The summed E-state index contributed by atoms with van der Waals surface area (Å²) in [7, 11) is -1.77. The summed E-state index contributed by atoms with van der Waals surface area (Å²) < 4.78 is 26.5. The molecule has 94 valence electrons. The third kappa shape index (κ3) is 4.05. The number of rotatable bonds is 5. The predicted octanol–water partition coefficient (Wildman–Crippen LogP) is -2.37. The molecule has 0 bridgehead atoms. The maximum atomic E-state index is 11.6. The van der Waals surface area contributed by atoms with Crippen molar-refractivity contribution in [2.24, 2.45) is 11.1 Å². The Balaban J connectivity index is 2.35. The van der Waals surface area contributed by atoms with Gasteiger partial charge >= 0.3 is 0 Å². The van der Waals surface area contributed by atoms with Gasteiger partial charge in [0.15, 0.2) is 0 Å². The van der Waals surface area contributed by atoms with E-state index >= 15 is 0 Å². The lowest BCUT2D eigenvalue weighted by Crippen LogP contribution is -2.44. The molecular weight excluding hydrogens is 234 g/mol. The molecule has 8 heteroatoms. The zero-order chi connectivity index (χ0) is 12.2. The van der Waals surface area contributed by atoms with Gasteiger partial charge in [-0.3, -0.25) is 4.79 Å². The number of likely N-dealkylation sites (N-methyl/N-ethyl adjacent to an activating group) is 1. The molecule has 0 aromatic carbocycles. The zero-order valence-electron chi connectivity index (χ0n) is 9.10. The largest absolute Gasteiger partial charge is 0.379 e. The van der Waals surface area contributed by atoms with Gasteiger partial charge in [-0.2, -0.15) is 0 Å². The summed E-state index contributed by atoms with van der Waals surface area (Å²) in [5, 5.41) is 10.3. The summed E-state index contributed by atoms with van der Waals surface area (Å²) in [5.41, 5.74) is 0. The molecule has 1 saturated heterocycles. The van der Waals surface area contributed by atoms with E-state index in [9.17, 15) is 13.2 Å². The minimum Gasteiger partial charge on any atom is -0.379 e. The highest BCUT2D eigenvalue weighted by Crippen LogP contribution is 2.13. The van der Waals surface area contributed by atoms with Crippen molar-refractivity contribution in [2.75, 3.05) is 32.6 Å². The summed E-state index contributed by atoms with van der Waals surface area (Å²) in [4.78, 5) is 11.6. The average Bonchev–Trinajstić information content (AvgIpc) is 2.63. The minimum absolute atomic E-state index is 0.0190. The van der Waals surface area contributed by atoms with E-state index in [-0.39, 0.29) is 30.2 Å². The van der Waals surface area contributed by atoms with Crippen LogP contribution in [0.15, 0.2) is 0 Å². The molecule has 1 aliphatic rings. The molecule has 0 radical (unpaired) electrons. The van der Waals surface area contributed by atoms with Gasteiger partial charge in [0.05, 0.1) is 24.9 Å². The molecule has 2 unspecified atom stereocenters. The van der Waals surface area contributed by atoms with E-state index in [0.717, 1.165) is 0 Å². The molecule has 1 rings (SSSR count). The zero-order valence-corrected chi connectivity index (χ0v) is 9.92. The molecule has 1 fully saturated rings. The molecule has 0 spiro atoms. The van der Waals surface area contributed by atoms with Gasteiger partial charge in [-0.15, -0.1) is 0 Å². The van der Waals surface area contributed by atoms with Crippen molar-refractivity contribution in [1.82, 2.24) is 10.6 Å². The molecule has 16 heavy (non-hydrogen) atoms. The van der Waals surface area contributed by atoms with Crippen molar-refractivity contribution < 1.29 is 17.9 Å². The fourth-order valence-electron chi connectivity index (χ4n) is 1.54. The van der Waals surface area contributed by atoms with Crippen molar-refractivity contribution in [1.29, 1.82) is 0 Å². The van der Waals surface area contributed by atoms with Gasteiger partial charge in [0.2, 0.25) is 15.9 Å². The molecule has 0 aromatic rings. The summed E-state index contributed by atoms with van der Waals surface area (Å²) in [6, 6.07) is -0.0190. The highest BCUT2D eigenvalue weighted by atomic mass is 32.2. The van der Waals surface area contributed by atoms with Gasteiger partial charge in [0.25, 0.3) is 0 Å². The Bertz CT molecular complexity index is 343. The van der Waals surface area contributed by atoms with Crippen molar-refractivity contribution >= 4 is 15.9 Å². The van der Waals surface area contributed by atoms with Crippen LogP contribution in [-0.2, 0) is 19.6 Å². The molecule has 2 atom stereocenters. The Kier molecular flexibility index (Phi) is 4.66. The summed E-state index contributed by atoms with van der Waals surface area (Å²) in [5.74, 6) is -0.734. The Labute approximate surface area is 94.8 Å². The lowest BCUT2D eigenvalue weighted by atomic mass is 10.0. The number of carbonyl (C=O) groups excluding carboxylic acids is 1. The second kappa shape index (κ2) is 5.58. The van der Waals surface area contributed by atoms with Crippen LogP contribution in [0, 0.1) is 5.92 Å². The molecule has 1 aliphatic heterocycles. The lowest BCUT2D eigenvalue weighted by Gasteiger charge is -2.16. The second-order valence-corrected chi connectivity index (χ2v) is 5.43. The Hall–Kier alpha value is -0.700. The van der Waals surface area contributed by atoms with Crippen molar-refractivity contribution in [3.63, 3.8) is 0 Å². The fourth-order valence-corrected chi connectivity index (χ4v) is 1.93. The quantitative estimate of drug-likeness (QED) is 0.505. The van der Waals surface area contributed by atoms with E-state index in [2.05, 4.69) is 10.6 Å². The summed E-state index contributed by atoms with van der Waals surface area (Å²) >= 11 is 0. The maximum Gasteiger partial charge on any atom is 0.227 e. The third-order valence-electron chi connectivity index (χ3n) is 2.47. The van der Waals surface area contributed by atoms with Gasteiger partial charge in [0, 0.05) is 12.6 Å². The van der Waals surface area contributed by atoms with E-state index < -0.39 is 10.0 Å². The topological polar surface area (TPSA) is 111 Å². The standard InChI is InChI=1S/C8H17N3O4S/c1-10-7-5-15-4-6(7)8(12)11-2-3-16(9,13)14/h6-7,10H,2-5H2,1H3,(H,11,12)(H2,9,13,14). The molecular formula is C8H17N3O4S. The van der Waals surface area contributed by atoms with Crippen LogP contribution in [0.3, 0.4) is 0 Å². The number of nitrogens with two attached hydrogens (primary N) is 1. The van der Waals surface area contributed by atoms with Crippen LogP contribution >= 0.6 is 0 Å². The number of amides is 1. The van der Waals surface area contributed by atoms with Crippen LogP contribution in [0.25, 0.3) is 0 Å². The average molecular weight is 251 g/mol. The van der Waals surface area contributed by atoms with Crippen LogP contribution in [0.4, 0.5) is 0 Å². The van der Waals surface area contributed by atoms with Crippen LogP contribution in [0.1, 0.15) is 0 Å². The van der Waals surface area contributed by atoms with E-state index in [4.69, 9.17) is 9.88 Å². The van der Waals surface area contributed by atoms with E-state index in [1.165, 1.54) is 0 Å². The normalized spacial score (nSPS) is 25.6. The highest BCUT2D eigenvalue weighted by Gasteiger charge is 2.32. The van der Waals surface area contributed by atoms with Crippen LogP contribution in [0.5, 0.6) is 0 Å². The summed E-state index contributed by atoms with van der Waals surface area (Å²) in [6.07, 6.45) is 0. The number of primary sulfonamides is 1. The molecule has 0 saturated carbocycles. The number of nitrogens with one attached hydrogen (secondary N) is 2. The first-order valence-corrected chi connectivity index (χ1v) is 6.69. The van der Waals surface area contributed by atoms with Crippen molar-refractivity contribution in [2.45, 2.75) is 6.04 Å². The minimum atomic E-state index is -3.52. The SMILES string of the molecule is CNC1COCC1C(=O)NCCS(N)(=O)=O. The number of ether oxygens (including phenoxy) is 1. The molecule has 0 aromatic heterocycles.